The summed E-state index contributed by atoms with van der Waals surface area (Å²) in [4.78, 5) is 18.8. The van der Waals surface area contributed by atoms with E-state index in [1.165, 1.54) is 0 Å². The minimum Gasteiger partial charge on any atom is -0.454 e. The summed E-state index contributed by atoms with van der Waals surface area (Å²) in [6, 6.07) is 11.0. The highest BCUT2D eigenvalue weighted by Crippen LogP contribution is 2.38. The van der Waals surface area contributed by atoms with E-state index >= 15 is 0 Å². The van der Waals surface area contributed by atoms with Gasteiger partial charge >= 0.3 is 0 Å². The van der Waals surface area contributed by atoms with Gasteiger partial charge in [-0.2, -0.15) is 4.98 Å². The van der Waals surface area contributed by atoms with Crippen molar-refractivity contribution >= 4 is 23.2 Å². The third-order valence-corrected chi connectivity index (χ3v) is 5.31. The Kier molecular flexibility index (Phi) is 3.98. The predicted molar refractivity (Wildman–Crippen MR) is 102 cm³/mol. The van der Waals surface area contributed by atoms with Gasteiger partial charge in [-0.1, -0.05) is 28.9 Å². The van der Waals surface area contributed by atoms with Crippen LogP contribution in [-0.2, 0) is 4.79 Å². The molecule has 1 aromatic heterocycles. The van der Waals surface area contributed by atoms with Crippen LogP contribution in [0.25, 0.3) is 11.5 Å². The normalized spacial score (nSPS) is 18.1. The van der Waals surface area contributed by atoms with Gasteiger partial charge in [-0.3, -0.25) is 4.79 Å². The number of rotatable bonds is 3. The zero-order valence-electron chi connectivity index (χ0n) is 15.0. The van der Waals surface area contributed by atoms with E-state index in [0.29, 0.717) is 41.2 Å². The number of hydrogen-bond donors (Lipinski definition) is 0. The first-order valence-corrected chi connectivity index (χ1v) is 9.27. The summed E-state index contributed by atoms with van der Waals surface area (Å²) >= 11 is 6.33. The number of aryl methyl sites for hydroxylation is 1. The molecule has 0 spiro atoms. The van der Waals surface area contributed by atoms with Crippen LogP contribution in [0.4, 0.5) is 5.69 Å². The van der Waals surface area contributed by atoms with Crippen LogP contribution in [-0.4, -0.2) is 29.4 Å². The van der Waals surface area contributed by atoms with Crippen molar-refractivity contribution in [2.75, 3.05) is 18.2 Å². The highest BCUT2D eigenvalue weighted by molar-refractivity contribution is 6.34. The maximum atomic E-state index is 12.6. The molecule has 0 bridgehead atoms. The van der Waals surface area contributed by atoms with Gasteiger partial charge in [0.05, 0.1) is 10.7 Å². The lowest BCUT2D eigenvalue weighted by Gasteiger charge is -2.20. The van der Waals surface area contributed by atoms with Gasteiger partial charge in [0.15, 0.2) is 17.3 Å². The molecule has 3 aromatic rings. The first-order chi connectivity index (χ1) is 13.6. The topological polar surface area (TPSA) is 77.7 Å². The average molecular weight is 398 g/mol. The molecule has 0 aliphatic carbocycles. The molecule has 1 unspecified atom stereocenters. The molecule has 142 valence electrons. The molecule has 1 saturated heterocycles. The predicted octanol–water partition coefficient (Wildman–Crippen LogP) is 3.95. The molecule has 7 nitrogen and oxygen atoms in total. The molecule has 2 aliphatic heterocycles. The molecule has 5 rings (SSSR count). The summed E-state index contributed by atoms with van der Waals surface area (Å²) in [5, 5.41) is 4.66. The lowest BCUT2D eigenvalue weighted by molar-refractivity contribution is -0.117. The standard InChI is InChI=1S/C20H16ClN3O4/c1-11-3-2-4-14(21)18(11)24-9-13(8-17(24)25)19-22-20(28-23-19)12-5-6-15-16(7-12)27-10-26-15/h2-7,13H,8-10H2,1H3. The van der Waals surface area contributed by atoms with Gasteiger partial charge in [-0.05, 0) is 36.8 Å². The van der Waals surface area contributed by atoms with Crippen LogP contribution in [0.3, 0.4) is 0 Å². The van der Waals surface area contributed by atoms with Gasteiger partial charge in [-0.15, -0.1) is 0 Å². The maximum absolute atomic E-state index is 12.6. The van der Waals surface area contributed by atoms with Crippen molar-refractivity contribution in [2.45, 2.75) is 19.3 Å². The van der Waals surface area contributed by atoms with Gasteiger partial charge in [0.25, 0.3) is 5.89 Å². The third kappa shape index (κ3) is 2.79. The fraction of sp³-hybridized carbons (Fsp3) is 0.250. The van der Waals surface area contributed by atoms with E-state index in [-0.39, 0.29) is 18.6 Å². The third-order valence-electron chi connectivity index (χ3n) is 5.01. The maximum Gasteiger partial charge on any atom is 0.258 e. The van der Waals surface area contributed by atoms with Crippen molar-refractivity contribution in [3.05, 3.63) is 52.8 Å². The quantitative estimate of drug-likeness (QED) is 0.666. The Balaban J connectivity index is 1.40. The summed E-state index contributed by atoms with van der Waals surface area (Å²) in [7, 11) is 0. The Bertz CT molecular complexity index is 1060. The molecular weight excluding hydrogens is 382 g/mol. The number of halogens is 1. The molecule has 0 N–H and O–H groups in total. The van der Waals surface area contributed by atoms with E-state index in [4.69, 9.17) is 25.6 Å². The zero-order chi connectivity index (χ0) is 19.3. The summed E-state index contributed by atoms with van der Waals surface area (Å²) in [5.74, 6) is 2.07. The van der Waals surface area contributed by atoms with E-state index < -0.39 is 0 Å². The van der Waals surface area contributed by atoms with Crippen LogP contribution in [0, 0.1) is 6.92 Å². The second-order valence-corrected chi connectivity index (χ2v) is 7.24. The molecule has 3 heterocycles. The lowest BCUT2D eigenvalue weighted by Crippen LogP contribution is -2.25. The van der Waals surface area contributed by atoms with Crippen LogP contribution in [0.2, 0.25) is 5.02 Å². The Morgan fingerprint density at radius 2 is 2.04 bits per heavy atom. The van der Waals surface area contributed by atoms with Crippen molar-refractivity contribution in [2.24, 2.45) is 0 Å². The first kappa shape index (κ1) is 17.1. The Labute approximate surface area is 165 Å². The minimum atomic E-state index is -0.158. The number of ether oxygens (including phenoxy) is 2. The van der Waals surface area contributed by atoms with Crippen molar-refractivity contribution in [3.63, 3.8) is 0 Å². The van der Waals surface area contributed by atoms with Gasteiger partial charge in [0, 0.05) is 24.4 Å². The Morgan fingerprint density at radius 1 is 1.18 bits per heavy atom. The fourth-order valence-corrected chi connectivity index (χ4v) is 3.93. The van der Waals surface area contributed by atoms with Gasteiger partial charge in [0.1, 0.15) is 0 Å². The number of carbonyl (C=O) groups is 1. The molecule has 1 fully saturated rings. The molecule has 8 heteroatoms. The molecule has 0 radical (unpaired) electrons. The molecule has 2 aromatic carbocycles. The number of aromatic nitrogens is 2. The smallest absolute Gasteiger partial charge is 0.258 e. The van der Waals surface area contributed by atoms with E-state index in [2.05, 4.69) is 10.1 Å². The van der Waals surface area contributed by atoms with Crippen molar-refractivity contribution in [1.82, 2.24) is 10.1 Å². The highest BCUT2D eigenvalue weighted by Gasteiger charge is 2.36. The largest absolute Gasteiger partial charge is 0.454 e. The van der Waals surface area contributed by atoms with E-state index in [0.717, 1.165) is 16.8 Å². The number of nitrogens with zero attached hydrogens (tertiary/aromatic N) is 3. The van der Waals surface area contributed by atoms with Gasteiger partial charge < -0.3 is 18.9 Å². The van der Waals surface area contributed by atoms with Crippen molar-refractivity contribution < 1.29 is 18.8 Å². The summed E-state index contributed by atoms with van der Waals surface area (Å²) in [6.07, 6.45) is 0.310. The number of para-hydroxylation sites is 1. The molecule has 1 atom stereocenters. The van der Waals surface area contributed by atoms with Crippen LogP contribution < -0.4 is 14.4 Å². The van der Waals surface area contributed by atoms with E-state index in [9.17, 15) is 4.79 Å². The first-order valence-electron chi connectivity index (χ1n) is 8.89. The number of benzene rings is 2. The summed E-state index contributed by atoms with van der Waals surface area (Å²) in [5.41, 5.74) is 2.44. The Morgan fingerprint density at radius 3 is 2.89 bits per heavy atom. The highest BCUT2D eigenvalue weighted by atomic mass is 35.5. The van der Waals surface area contributed by atoms with Crippen LogP contribution in [0.15, 0.2) is 40.9 Å². The molecule has 2 aliphatic rings. The number of amides is 1. The van der Waals surface area contributed by atoms with E-state index in [1.54, 1.807) is 17.0 Å². The molecule has 0 saturated carbocycles. The minimum absolute atomic E-state index is 0.00405. The number of carbonyl (C=O) groups excluding carboxylic acids is 1. The van der Waals surface area contributed by atoms with Crippen molar-refractivity contribution in [3.8, 4) is 23.0 Å². The van der Waals surface area contributed by atoms with Crippen LogP contribution >= 0.6 is 11.6 Å². The average Bonchev–Trinajstić information content (AvgIpc) is 3.40. The SMILES string of the molecule is Cc1cccc(Cl)c1N1CC(c2noc(-c3ccc4c(c3)OCO4)n2)CC1=O. The second kappa shape index (κ2) is 6.53. The van der Waals surface area contributed by atoms with Crippen molar-refractivity contribution in [1.29, 1.82) is 0 Å². The lowest BCUT2D eigenvalue weighted by atomic mass is 10.1. The Hall–Kier alpha value is -3.06. The van der Waals surface area contributed by atoms with Gasteiger partial charge in [0.2, 0.25) is 12.7 Å². The number of anilines is 1. The summed E-state index contributed by atoms with van der Waals surface area (Å²) in [6.45, 7) is 2.60. The molecule has 1 amide bonds. The second-order valence-electron chi connectivity index (χ2n) is 6.84. The van der Waals surface area contributed by atoms with Crippen LogP contribution in [0.5, 0.6) is 11.5 Å². The monoisotopic (exact) mass is 397 g/mol. The molecular formula is C20H16ClN3O4. The fourth-order valence-electron chi connectivity index (χ4n) is 3.61. The van der Waals surface area contributed by atoms with E-state index in [1.807, 2.05) is 31.2 Å². The molecule has 28 heavy (non-hydrogen) atoms. The van der Waals surface area contributed by atoms with Crippen LogP contribution in [0.1, 0.15) is 23.7 Å². The summed E-state index contributed by atoms with van der Waals surface area (Å²) < 4.78 is 16.1. The van der Waals surface area contributed by atoms with Gasteiger partial charge in [-0.25, -0.2) is 0 Å². The number of hydrogen-bond acceptors (Lipinski definition) is 6. The zero-order valence-corrected chi connectivity index (χ0v) is 15.8. The number of fused-ring (bicyclic) bond motifs is 1.